The Hall–Kier alpha value is -1.88. The normalized spacial score (nSPS) is 11.0. The molecule has 0 radical (unpaired) electrons. The number of thiazole rings is 1. The Morgan fingerprint density at radius 2 is 1.91 bits per heavy atom. The Morgan fingerprint density at radius 1 is 1.22 bits per heavy atom. The fourth-order valence-corrected chi connectivity index (χ4v) is 2.79. The van der Waals surface area contributed by atoms with Crippen LogP contribution >= 0.6 is 11.3 Å². The van der Waals surface area contributed by atoms with Gasteiger partial charge in [0.1, 0.15) is 10.8 Å². The first-order valence-corrected chi connectivity index (χ1v) is 8.79. The zero-order valence-electron chi connectivity index (χ0n) is 14.1. The van der Waals surface area contributed by atoms with Gasteiger partial charge >= 0.3 is 0 Å². The maximum absolute atomic E-state index is 12.2. The Balaban J connectivity index is 1.87. The van der Waals surface area contributed by atoms with E-state index in [1.165, 1.54) is 0 Å². The van der Waals surface area contributed by atoms with E-state index in [-0.39, 0.29) is 5.91 Å². The minimum Gasteiger partial charge on any atom is -0.493 e. The van der Waals surface area contributed by atoms with Gasteiger partial charge in [-0.05, 0) is 36.1 Å². The van der Waals surface area contributed by atoms with Crippen molar-refractivity contribution in [3.8, 4) is 5.75 Å². The van der Waals surface area contributed by atoms with Crippen LogP contribution in [0.25, 0.3) is 0 Å². The molecule has 4 nitrogen and oxygen atoms in total. The van der Waals surface area contributed by atoms with Gasteiger partial charge in [-0.3, -0.25) is 4.79 Å². The molecule has 124 valence electrons. The summed E-state index contributed by atoms with van der Waals surface area (Å²) in [5, 5.41) is 5.88. The van der Waals surface area contributed by atoms with E-state index in [4.69, 9.17) is 4.74 Å². The van der Waals surface area contributed by atoms with E-state index in [9.17, 15) is 4.79 Å². The van der Waals surface area contributed by atoms with E-state index in [1.54, 1.807) is 23.5 Å². The van der Waals surface area contributed by atoms with E-state index in [0.717, 1.165) is 16.5 Å². The highest BCUT2D eigenvalue weighted by molar-refractivity contribution is 7.09. The van der Waals surface area contributed by atoms with Gasteiger partial charge in [0, 0.05) is 10.9 Å². The van der Waals surface area contributed by atoms with E-state index < -0.39 is 0 Å². The summed E-state index contributed by atoms with van der Waals surface area (Å²) in [5.41, 5.74) is 1.70. The first kappa shape index (κ1) is 17.5. The number of hydrogen-bond donors (Lipinski definition) is 1. The highest BCUT2D eigenvalue weighted by Gasteiger charge is 2.09. The van der Waals surface area contributed by atoms with Crippen molar-refractivity contribution >= 4 is 17.2 Å². The molecule has 0 aliphatic heterocycles. The summed E-state index contributed by atoms with van der Waals surface area (Å²) in [7, 11) is 0. The summed E-state index contributed by atoms with van der Waals surface area (Å²) in [6.07, 6.45) is 0. The maximum atomic E-state index is 12.2. The van der Waals surface area contributed by atoms with Crippen molar-refractivity contribution in [2.24, 2.45) is 5.92 Å². The third-order valence-electron chi connectivity index (χ3n) is 3.26. The molecule has 1 aromatic heterocycles. The largest absolute Gasteiger partial charge is 0.493 e. The first-order valence-electron chi connectivity index (χ1n) is 7.91. The lowest BCUT2D eigenvalue weighted by Crippen LogP contribution is -2.22. The Kier molecular flexibility index (Phi) is 6.16. The molecule has 5 heteroatoms. The molecule has 2 aromatic rings. The second-order valence-corrected chi connectivity index (χ2v) is 7.18. The topological polar surface area (TPSA) is 51.2 Å². The lowest BCUT2D eigenvalue weighted by atomic mass is 10.2. The van der Waals surface area contributed by atoms with Crippen LogP contribution in [0.2, 0.25) is 0 Å². The third-order valence-corrected chi connectivity index (χ3v) is 4.13. The molecular weight excluding hydrogens is 308 g/mol. The average Bonchev–Trinajstić information content (AvgIpc) is 3.00. The number of amides is 1. The van der Waals surface area contributed by atoms with Gasteiger partial charge in [-0.2, -0.15) is 0 Å². The molecule has 0 fully saturated rings. The molecule has 0 aliphatic carbocycles. The zero-order valence-corrected chi connectivity index (χ0v) is 14.9. The highest BCUT2D eigenvalue weighted by Crippen LogP contribution is 2.18. The second kappa shape index (κ2) is 8.11. The molecule has 0 atom stereocenters. The number of aromatic nitrogens is 1. The zero-order chi connectivity index (χ0) is 16.8. The smallest absolute Gasteiger partial charge is 0.251 e. The van der Waals surface area contributed by atoms with Gasteiger partial charge in [0.25, 0.3) is 5.91 Å². The van der Waals surface area contributed by atoms with Gasteiger partial charge in [0.2, 0.25) is 0 Å². The van der Waals surface area contributed by atoms with Crippen LogP contribution in [-0.2, 0) is 6.54 Å². The number of carbonyl (C=O) groups is 1. The number of nitrogens with zero attached hydrogens (tertiary/aromatic N) is 1. The third kappa shape index (κ3) is 5.36. The Labute approximate surface area is 141 Å². The van der Waals surface area contributed by atoms with Crippen LogP contribution in [0.1, 0.15) is 54.7 Å². The standard InChI is InChI=1S/C18H24N2O2S/c1-12(2)10-22-15-7-5-14(6-8-15)18(21)19-9-17-20-16(11-23-17)13(3)4/h5-8,11-13H,9-10H2,1-4H3,(H,19,21). The predicted molar refractivity (Wildman–Crippen MR) is 94.1 cm³/mol. The van der Waals surface area contributed by atoms with Crippen molar-refractivity contribution in [1.29, 1.82) is 0 Å². The molecular formula is C18H24N2O2S. The summed E-state index contributed by atoms with van der Waals surface area (Å²) in [4.78, 5) is 16.7. The van der Waals surface area contributed by atoms with Crippen LogP contribution in [0.4, 0.5) is 0 Å². The highest BCUT2D eigenvalue weighted by atomic mass is 32.1. The summed E-state index contributed by atoms with van der Waals surface area (Å²) in [6.45, 7) is 9.56. The van der Waals surface area contributed by atoms with Crippen LogP contribution < -0.4 is 10.1 Å². The van der Waals surface area contributed by atoms with E-state index in [1.807, 2.05) is 17.5 Å². The molecule has 1 amide bonds. The molecule has 2 rings (SSSR count). The Bertz CT molecular complexity index is 633. The molecule has 0 bridgehead atoms. The number of ether oxygens (including phenoxy) is 1. The number of hydrogen-bond acceptors (Lipinski definition) is 4. The van der Waals surface area contributed by atoms with Crippen LogP contribution in [0, 0.1) is 5.92 Å². The van der Waals surface area contributed by atoms with Crippen LogP contribution in [0.5, 0.6) is 5.75 Å². The maximum Gasteiger partial charge on any atom is 0.251 e. The van der Waals surface area contributed by atoms with Crippen molar-refractivity contribution in [3.63, 3.8) is 0 Å². The van der Waals surface area contributed by atoms with Crippen LogP contribution in [0.15, 0.2) is 29.6 Å². The van der Waals surface area contributed by atoms with Gasteiger partial charge < -0.3 is 10.1 Å². The molecule has 1 N–H and O–H groups in total. The molecule has 23 heavy (non-hydrogen) atoms. The number of nitrogens with one attached hydrogen (secondary N) is 1. The van der Waals surface area contributed by atoms with Gasteiger partial charge in [-0.25, -0.2) is 4.98 Å². The van der Waals surface area contributed by atoms with Gasteiger partial charge in [0.05, 0.1) is 18.8 Å². The van der Waals surface area contributed by atoms with E-state index >= 15 is 0 Å². The van der Waals surface area contributed by atoms with Crippen molar-refractivity contribution in [1.82, 2.24) is 10.3 Å². The molecule has 0 spiro atoms. The van der Waals surface area contributed by atoms with Crippen LogP contribution in [-0.4, -0.2) is 17.5 Å². The number of rotatable bonds is 7. The molecule has 0 saturated carbocycles. The van der Waals surface area contributed by atoms with Crippen molar-refractivity contribution in [3.05, 3.63) is 45.9 Å². The van der Waals surface area contributed by atoms with Gasteiger partial charge in [0.15, 0.2) is 0 Å². The Morgan fingerprint density at radius 3 is 2.48 bits per heavy atom. The second-order valence-electron chi connectivity index (χ2n) is 6.23. The van der Waals surface area contributed by atoms with E-state index in [0.29, 0.717) is 30.6 Å². The lowest BCUT2D eigenvalue weighted by molar-refractivity contribution is 0.0951. The lowest BCUT2D eigenvalue weighted by Gasteiger charge is -2.09. The van der Waals surface area contributed by atoms with Gasteiger partial charge in [-0.1, -0.05) is 27.7 Å². The SMILES string of the molecule is CC(C)COc1ccc(C(=O)NCc2nc(C(C)C)cs2)cc1. The number of benzene rings is 1. The van der Waals surface area contributed by atoms with Crippen LogP contribution in [0.3, 0.4) is 0 Å². The minimum absolute atomic E-state index is 0.0956. The molecule has 0 unspecified atom stereocenters. The molecule has 0 aliphatic rings. The van der Waals surface area contributed by atoms with E-state index in [2.05, 4.69) is 38.0 Å². The average molecular weight is 332 g/mol. The number of carbonyl (C=O) groups excluding carboxylic acids is 1. The first-order chi connectivity index (χ1) is 11.0. The summed E-state index contributed by atoms with van der Waals surface area (Å²) in [5.74, 6) is 1.58. The monoisotopic (exact) mass is 332 g/mol. The van der Waals surface area contributed by atoms with Crippen molar-refractivity contribution in [2.45, 2.75) is 40.2 Å². The van der Waals surface area contributed by atoms with Crippen molar-refractivity contribution < 1.29 is 9.53 Å². The molecule has 0 saturated heterocycles. The quantitative estimate of drug-likeness (QED) is 0.825. The fraction of sp³-hybridized carbons (Fsp3) is 0.444. The molecule has 1 aromatic carbocycles. The van der Waals surface area contributed by atoms with Crippen molar-refractivity contribution in [2.75, 3.05) is 6.61 Å². The minimum atomic E-state index is -0.0956. The molecule has 1 heterocycles. The fourth-order valence-electron chi connectivity index (χ4n) is 1.89. The summed E-state index contributed by atoms with van der Waals surface area (Å²) in [6, 6.07) is 7.23. The van der Waals surface area contributed by atoms with Gasteiger partial charge in [-0.15, -0.1) is 11.3 Å². The summed E-state index contributed by atoms with van der Waals surface area (Å²) < 4.78 is 5.62. The predicted octanol–water partition coefficient (Wildman–Crippen LogP) is 4.23. The summed E-state index contributed by atoms with van der Waals surface area (Å²) >= 11 is 1.58.